The average molecular weight is 294 g/mol. The van der Waals surface area contributed by atoms with Crippen molar-refractivity contribution in [1.82, 2.24) is 9.55 Å². The molecule has 0 saturated heterocycles. The lowest BCUT2D eigenvalue weighted by Crippen LogP contribution is -2.01. The summed E-state index contributed by atoms with van der Waals surface area (Å²) in [4.78, 5) is 4.12. The van der Waals surface area contributed by atoms with Gasteiger partial charge in [-0.2, -0.15) is 0 Å². The fourth-order valence-corrected chi connectivity index (χ4v) is 2.37. The van der Waals surface area contributed by atoms with Crippen LogP contribution in [0, 0.1) is 18.6 Å². The van der Waals surface area contributed by atoms with Crippen molar-refractivity contribution in [2.24, 2.45) is 0 Å². The zero-order valence-electron chi connectivity index (χ0n) is 10.5. The van der Waals surface area contributed by atoms with Crippen LogP contribution in [0.15, 0.2) is 30.3 Å². The van der Waals surface area contributed by atoms with E-state index in [-0.39, 0.29) is 11.0 Å². The minimum absolute atomic E-state index is 0.0300. The Labute approximate surface area is 118 Å². The van der Waals surface area contributed by atoms with Crippen molar-refractivity contribution in [3.05, 3.63) is 52.6 Å². The quantitative estimate of drug-likeness (QED) is 0.740. The standard InChI is InChI=1S/C14H10ClF2N3/c1-7-2-8(16)4-9(3-7)20-13-6-11(17)10(15)5-12(13)19-14(20)18/h2-6H,1H3,(H2,18,19). The lowest BCUT2D eigenvalue weighted by molar-refractivity contribution is 0.625. The Kier molecular flexibility index (Phi) is 2.87. The fraction of sp³-hybridized carbons (Fsp3) is 0.0714. The van der Waals surface area contributed by atoms with Gasteiger partial charge in [-0.25, -0.2) is 13.8 Å². The number of benzene rings is 2. The third kappa shape index (κ3) is 2.00. The molecule has 0 aliphatic carbocycles. The van der Waals surface area contributed by atoms with Gasteiger partial charge in [0.15, 0.2) is 0 Å². The molecule has 102 valence electrons. The van der Waals surface area contributed by atoms with Crippen LogP contribution in [0.2, 0.25) is 5.02 Å². The topological polar surface area (TPSA) is 43.8 Å². The molecule has 0 aliphatic rings. The van der Waals surface area contributed by atoms with Crippen LogP contribution in [0.3, 0.4) is 0 Å². The first kappa shape index (κ1) is 12.9. The number of aryl methyl sites for hydroxylation is 1. The molecule has 1 aromatic heterocycles. The predicted molar refractivity (Wildman–Crippen MR) is 75.1 cm³/mol. The van der Waals surface area contributed by atoms with Crippen LogP contribution in [0.4, 0.5) is 14.7 Å². The van der Waals surface area contributed by atoms with Gasteiger partial charge in [0.25, 0.3) is 0 Å². The summed E-state index contributed by atoms with van der Waals surface area (Å²) in [6.07, 6.45) is 0. The van der Waals surface area contributed by atoms with Crippen molar-refractivity contribution >= 4 is 28.6 Å². The van der Waals surface area contributed by atoms with Gasteiger partial charge in [-0.1, -0.05) is 11.6 Å². The Balaban J connectivity index is 2.35. The molecule has 0 aliphatic heterocycles. The van der Waals surface area contributed by atoms with Crippen molar-refractivity contribution in [3.8, 4) is 5.69 Å². The molecule has 0 radical (unpaired) electrons. The lowest BCUT2D eigenvalue weighted by atomic mass is 10.2. The van der Waals surface area contributed by atoms with Crippen LogP contribution in [-0.4, -0.2) is 9.55 Å². The van der Waals surface area contributed by atoms with Crippen molar-refractivity contribution in [2.45, 2.75) is 6.92 Å². The Morgan fingerprint density at radius 3 is 2.60 bits per heavy atom. The monoisotopic (exact) mass is 293 g/mol. The number of imidazole rings is 1. The maximum Gasteiger partial charge on any atom is 0.205 e. The van der Waals surface area contributed by atoms with Gasteiger partial charge in [-0.15, -0.1) is 0 Å². The summed E-state index contributed by atoms with van der Waals surface area (Å²) in [7, 11) is 0. The second-order valence-corrected chi connectivity index (χ2v) is 4.95. The maximum absolute atomic E-state index is 13.6. The lowest BCUT2D eigenvalue weighted by Gasteiger charge is -2.08. The van der Waals surface area contributed by atoms with Gasteiger partial charge in [-0.05, 0) is 36.8 Å². The van der Waals surface area contributed by atoms with Crippen LogP contribution in [0.25, 0.3) is 16.7 Å². The van der Waals surface area contributed by atoms with Gasteiger partial charge in [0.2, 0.25) is 5.95 Å². The van der Waals surface area contributed by atoms with E-state index in [0.29, 0.717) is 16.7 Å². The van der Waals surface area contributed by atoms with E-state index in [1.165, 1.54) is 28.8 Å². The summed E-state index contributed by atoms with van der Waals surface area (Å²) >= 11 is 5.72. The first-order chi connectivity index (χ1) is 9.45. The molecule has 3 nitrogen and oxygen atoms in total. The molecule has 0 saturated carbocycles. The van der Waals surface area contributed by atoms with E-state index in [9.17, 15) is 8.78 Å². The predicted octanol–water partition coefficient (Wildman–Crippen LogP) is 3.85. The van der Waals surface area contributed by atoms with Gasteiger partial charge >= 0.3 is 0 Å². The normalized spacial score (nSPS) is 11.2. The molecule has 0 amide bonds. The van der Waals surface area contributed by atoms with Gasteiger partial charge in [-0.3, -0.25) is 4.57 Å². The van der Waals surface area contributed by atoms with Crippen molar-refractivity contribution in [1.29, 1.82) is 0 Å². The smallest absolute Gasteiger partial charge is 0.205 e. The summed E-state index contributed by atoms with van der Waals surface area (Å²) in [5.41, 5.74) is 7.97. The SMILES string of the molecule is Cc1cc(F)cc(-n2c(N)nc3cc(Cl)c(F)cc32)c1. The Morgan fingerprint density at radius 1 is 1.15 bits per heavy atom. The first-order valence-electron chi connectivity index (χ1n) is 5.86. The molecule has 2 N–H and O–H groups in total. The van der Waals surface area contributed by atoms with Gasteiger partial charge in [0.1, 0.15) is 11.6 Å². The Hall–Kier alpha value is -2.14. The van der Waals surface area contributed by atoms with Crippen LogP contribution in [-0.2, 0) is 0 Å². The molecular formula is C14H10ClF2N3. The number of anilines is 1. The Bertz CT molecular complexity index is 807. The summed E-state index contributed by atoms with van der Waals surface area (Å²) in [6, 6.07) is 7.09. The highest BCUT2D eigenvalue weighted by Crippen LogP contribution is 2.28. The highest BCUT2D eigenvalue weighted by atomic mass is 35.5. The van der Waals surface area contributed by atoms with E-state index in [1.54, 1.807) is 13.0 Å². The summed E-state index contributed by atoms with van der Waals surface area (Å²) < 4.78 is 28.6. The second kappa shape index (κ2) is 4.45. The third-order valence-electron chi connectivity index (χ3n) is 3.01. The molecule has 20 heavy (non-hydrogen) atoms. The molecule has 3 rings (SSSR count). The molecule has 3 aromatic rings. The summed E-state index contributed by atoms with van der Waals surface area (Å²) in [5, 5.41) is -0.0300. The molecular weight excluding hydrogens is 284 g/mol. The third-order valence-corrected chi connectivity index (χ3v) is 3.30. The van der Waals surface area contributed by atoms with Crippen LogP contribution in [0.5, 0.6) is 0 Å². The van der Waals surface area contributed by atoms with Crippen LogP contribution < -0.4 is 5.73 Å². The average Bonchev–Trinajstić information content (AvgIpc) is 2.64. The minimum atomic E-state index is -0.576. The van der Waals surface area contributed by atoms with Crippen LogP contribution >= 0.6 is 11.6 Å². The number of aromatic nitrogens is 2. The van der Waals surface area contributed by atoms with Crippen LogP contribution in [0.1, 0.15) is 5.56 Å². The fourth-order valence-electron chi connectivity index (χ4n) is 2.21. The number of nitrogen functional groups attached to an aromatic ring is 1. The highest BCUT2D eigenvalue weighted by Gasteiger charge is 2.14. The number of nitrogens with zero attached hydrogens (tertiary/aromatic N) is 2. The molecule has 0 atom stereocenters. The number of fused-ring (bicyclic) bond motifs is 1. The van der Waals surface area contributed by atoms with E-state index in [4.69, 9.17) is 17.3 Å². The largest absolute Gasteiger partial charge is 0.369 e. The van der Waals surface area contributed by atoms with E-state index >= 15 is 0 Å². The van der Waals surface area contributed by atoms with E-state index in [1.807, 2.05) is 0 Å². The van der Waals surface area contributed by atoms with Gasteiger partial charge in [0, 0.05) is 6.07 Å². The van der Waals surface area contributed by atoms with Crippen molar-refractivity contribution in [2.75, 3.05) is 5.73 Å². The van der Waals surface area contributed by atoms with E-state index in [2.05, 4.69) is 4.98 Å². The molecule has 1 heterocycles. The molecule has 6 heteroatoms. The summed E-state index contributed by atoms with van der Waals surface area (Å²) in [6.45, 7) is 1.76. The zero-order chi connectivity index (χ0) is 14.4. The van der Waals surface area contributed by atoms with Crippen molar-refractivity contribution < 1.29 is 8.78 Å². The molecule has 0 unspecified atom stereocenters. The number of hydrogen-bond acceptors (Lipinski definition) is 2. The van der Waals surface area contributed by atoms with Gasteiger partial charge < -0.3 is 5.73 Å². The number of nitrogens with two attached hydrogens (primary N) is 1. The van der Waals surface area contributed by atoms with Crippen molar-refractivity contribution in [3.63, 3.8) is 0 Å². The molecule has 2 aromatic carbocycles. The zero-order valence-corrected chi connectivity index (χ0v) is 11.2. The van der Waals surface area contributed by atoms with E-state index < -0.39 is 11.6 Å². The number of halogens is 3. The Morgan fingerprint density at radius 2 is 1.90 bits per heavy atom. The highest BCUT2D eigenvalue weighted by molar-refractivity contribution is 6.31. The molecule has 0 spiro atoms. The summed E-state index contributed by atoms with van der Waals surface area (Å²) in [5.74, 6) is -0.823. The number of hydrogen-bond donors (Lipinski definition) is 1. The second-order valence-electron chi connectivity index (χ2n) is 4.55. The molecule has 0 bridgehead atoms. The minimum Gasteiger partial charge on any atom is -0.369 e. The van der Waals surface area contributed by atoms with Gasteiger partial charge in [0.05, 0.1) is 21.7 Å². The van der Waals surface area contributed by atoms with E-state index in [0.717, 1.165) is 5.56 Å². The molecule has 0 fully saturated rings. The maximum atomic E-state index is 13.6. The number of rotatable bonds is 1. The first-order valence-corrected chi connectivity index (χ1v) is 6.24.